The molecule has 0 spiro atoms. The number of benzene rings is 1. The van der Waals surface area contributed by atoms with Gasteiger partial charge < -0.3 is 14.4 Å². The quantitative estimate of drug-likeness (QED) is 0.838. The Kier molecular flexibility index (Phi) is 3.74. The second-order valence-electron chi connectivity index (χ2n) is 5.25. The van der Waals surface area contributed by atoms with E-state index in [1.54, 1.807) is 12.1 Å². The highest BCUT2D eigenvalue weighted by Gasteiger charge is 2.28. The summed E-state index contributed by atoms with van der Waals surface area (Å²) in [5, 5.41) is 0.438. The molecule has 4 nitrogen and oxygen atoms in total. The Morgan fingerprint density at radius 3 is 3.05 bits per heavy atom. The van der Waals surface area contributed by atoms with Crippen LogP contribution in [0.4, 0.5) is 0 Å². The molecule has 0 unspecified atom stereocenters. The number of ether oxygens (including phenoxy) is 2. The van der Waals surface area contributed by atoms with Crippen molar-refractivity contribution in [2.75, 3.05) is 13.3 Å². The lowest BCUT2D eigenvalue weighted by Gasteiger charge is -2.35. The number of likely N-dealkylation sites (tertiary alicyclic amines) is 1. The van der Waals surface area contributed by atoms with Crippen LogP contribution in [0.3, 0.4) is 0 Å². The zero-order chi connectivity index (χ0) is 14.1. The van der Waals surface area contributed by atoms with Crippen molar-refractivity contribution in [3.63, 3.8) is 0 Å². The number of rotatable bonds is 2. The summed E-state index contributed by atoms with van der Waals surface area (Å²) in [4.78, 5) is 14.7. The topological polar surface area (TPSA) is 38.8 Å². The SMILES string of the molecule is CC[C@H]1CCCCN1C(=O)c1cc(Cl)c2c(c1)OCO2. The number of amides is 1. The molecule has 1 amide bonds. The average Bonchev–Trinajstić information content (AvgIpc) is 2.95. The van der Waals surface area contributed by atoms with Gasteiger partial charge in [0.2, 0.25) is 6.79 Å². The van der Waals surface area contributed by atoms with Gasteiger partial charge in [-0.1, -0.05) is 18.5 Å². The summed E-state index contributed by atoms with van der Waals surface area (Å²) in [6.07, 6.45) is 4.34. The van der Waals surface area contributed by atoms with E-state index in [0.717, 1.165) is 25.8 Å². The molecule has 1 fully saturated rings. The van der Waals surface area contributed by atoms with E-state index in [9.17, 15) is 4.79 Å². The van der Waals surface area contributed by atoms with Crippen LogP contribution in [-0.2, 0) is 0 Å². The van der Waals surface area contributed by atoms with Crippen LogP contribution in [0, 0.1) is 0 Å². The maximum absolute atomic E-state index is 12.7. The van der Waals surface area contributed by atoms with Gasteiger partial charge in [0.1, 0.15) is 0 Å². The van der Waals surface area contributed by atoms with Crippen LogP contribution in [-0.4, -0.2) is 30.2 Å². The highest BCUT2D eigenvalue weighted by atomic mass is 35.5. The highest BCUT2D eigenvalue weighted by Crippen LogP contribution is 2.40. The molecule has 0 N–H and O–H groups in total. The Morgan fingerprint density at radius 1 is 1.40 bits per heavy atom. The number of piperidine rings is 1. The van der Waals surface area contributed by atoms with Gasteiger partial charge in [-0.2, -0.15) is 0 Å². The van der Waals surface area contributed by atoms with E-state index >= 15 is 0 Å². The maximum Gasteiger partial charge on any atom is 0.254 e. The Balaban J connectivity index is 1.88. The smallest absolute Gasteiger partial charge is 0.254 e. The third kappa shape index (κ3) is 2.33. The zero-order valence-corrected chi connectivity index (χ0v) is 12.3. The largest absolute Gasteiger partial charge is 0.454 e. The highest BCUT2D eigenvalue weighted by molar-refractivity contribution is 6.32. The summed E-state index contributed by atoms with van der Waals surface area (Å²) < 4.78 is 10.6. The summed E-state index contributed by atoms with van der Waals surface area (Å²) in [5.74, 6) is 1.14. The minimum atomic E-state index is 0.0387. The molecule has 1 atom stereocenters. The molecule has 0 saturated carbocycles. The molecule has 20 heavy (non-hydrogen) atoms. The van der Waals surface area contributed by atoms with E-state index in [1.165, 1.54) is 6.42 Å². The Hall–Kier alpha value is -1.42. The lowest BCUT2D eigenvalue weighted by molar-refractivity contribution is 0.0607. The second-order valence-corrected chi connectivity index (χ2v) is 5.66. The van der Waals surface area contributed by atoms with Crippen LogP contribution in [0.25, 0.3) is 0 Å². The van der Waals surface area contributed by atoms with Crippen LogP contribution in [0.5, 0.6) is 11.5 Å². The molecule has 1 aromatic carbocycles. The number of carbonyl (C=O) groups excluding carboxylic acids is 1. The average molecular weight is 296 g/mol. The lowest BCUT2D eigenvalue weighted by Crippen LogP contribution is -2.43. The van der Waals surface area contributed by atoms with Crippen LogP contribution < -0.4 is 9.47 Å². The van der Waals surface area contributed by atoms with Gasteiger partial charge >= 0.3 is 0 Å². The van der Waals surface area contributed by atoms with Crippen molar-refractivity contribution in [1.82, 2.24) is 4.90 Å². The van der Waals surface area contributed by atoms with Gasteiger partial charge in [-0.15, -0.1) is 0 Å². The maximum atomic E-state index is 12.7. The molecule has 1 saturated heterocycles. The second kappa shape index (κ2) is 5.52. The molecule has 0 aromatic heterocycles. The van der Waals surface area contributed by atoms with E-state index in [0.29, 0.717) is 28.1 Å². The molecule has 5 heteroatoms. The Labute approximate surface area is 123 Å². The van der Waals surface area contributed by atoms with Crippen LogP contribution in [0.1, 0.15) is 43.0 Å². The van der Waals surface area contributed by atoms with E-state index in [2.05, 4.69) is 6.92 Å². The summed E-state index contributed by atoms with van der Waals surface area (Å²) in [5.41, 5.74) is 0.583. The first-order valence-corrected chi connectivity index (χ1v) is 7.48. The van der Waals surface area contributed by atoms with Crippen molar-refractivity contribution in [3.8, 4) is 11.5 Å². The summed E-state index contributed by atoms with van der Waals surface area (Å²) in [7, 11) is 0. The normalized spacial score (nSPS) is 21.1. The summed E-state index contributed by atoms with van der Waals surface area (Å²) in [6, 6.07) is 3.75. The first-order valence-electron chi connectivity index (χ1n) is 7.11. The summed E-state index contributed by atoms with van der Waals surface area (Å²) >= 11 is 6.15. The number of carbonyl (C=O) groups is 1. The number of hydrogen-bond acceptors (Lipinski definition) is 3. The van der Waals surface area contributed by atoms with Crippen LogP contribution >= 0.6 is 11.6 Å². The first-order chi connectivity index (χ1) is 9.70. The number of hydrogen-bond donors (Lipinski definition) is 0. The molecule has 2 aliphatic heterocycles. The first kappa shape index (κ1) is 13.6. The third-order valence-electron chi connectivity index (χ3n) is 4.03. The van der Waals surface area contributed by atoms with Crippen molar-refractivity contribution in [2.45, 2.75) is 38.6 Å². The van der Waals surface area contributed by atoms with Gasteiger partial charge in [-0.25, -0.2) is 0 Å². The fourth-order valence-electron chi connectivity index (χ4n) is 2.95. The molecule has 0 aliphatic carbocycles. The molecule has 2 heterocycles. The number of fused-ring (bicyclic) bond motifs is 1. The zero-order valence-electron chi connectivity index (χ0n) is 11.5. The van der Waals surface area contributed by atoms with Crippen LogP contribution in [0.15, 0.2) is 12.1 Å². The molecule has 0 radical (unpaired) electrons. The van der Waals surface area contributed by atoms with Gasteiger partial charge in [-0.05, 0) is 37.8 Å². The van der Waals surface area contributed by atoms with Gasteiger partial charge in [0.05, 0.1) is 5.02 Å². The minimum Gasteiger partial charge on any atom is -0.454 e. The monoisotopic (exact) mass is 295 g/mol. The molecule has 2 aliphatic rings. The molecule has 0 bridgehead atoms. The molecular weight excluding hydrogens is 278 g/mol. The standard InChI is InChI=1S/C15H18ClNO3/c1-2-11-5-3-4-6-17(11)15(18)10-7-12(16)14-13(8-10)19-9-20-14/h7-8,11H,2-6,9H2,1H3/t11-/m0/s1. The van der Waals surface area contributed by atoms with E-state index in [1.807, 2.05) is 4.90 Å². The molecular formula is C15H18ClNO3. The van der Waals surface area contributed by atoms with E-state index < -0.39 is 0 Å². The molecule has 3 rings (SSSR count). The fourth-order valence-corrected chi connectivity index (χ4v) is 3.21. The number of halogens is 1. The summed E-state index contributed by atoms with van der Waals surface area (Å²) in [6.45, 7) is 3.11. The van der Waals surface area contributed by atoms with Crippen molar-refractivity contribution in [2.24, 2.45) is 0 Å². The van der Waals surface area contributed by atoms with Crippen molar-refractivity contribution in [3.05, 3.63) is 22.7 Å². The van der Waals surface area contributed by atoms with Gasteiger partial charge in [-0.3, -0.25) is 4.79 Å². The molecule has 1 aromatic rings. The lowest BCUT2D eigenvalue weighted by atomic mass is 9.99. The van der Waals surface area contributed by atoms with Crippen molar-refractivity contribution in [1.29, 1.82) is 0 Å². The Bertz CT molecular complexity index is 532. The third-order valence-corrected chi connectivity index (χ3v) is 4.31. The number of nitrogens with zero attached hydrogens (tertiary/aromatic N) is 1. The van der Waals surface area contributed by atoms with Gasteiger partial charge in [0.15, 0.2) is 11.5 Å². The van der Waals surface area contributed by atoms with Crippen molar-refractivity contribution < 1.29 is 14.3 Å². The predicted molar refractivity (Wildman–Crippen MR) is 76.5 cm³/mol. The van der Waals surface area contributed by atoms with E-state index in [4.69, 9.17) is 21.1 Å². The molecule has 108 valence electrons. The fraction of sp³-hybridized carbons (Fsp3) is 0.533. The van der Waals surface area contributed by atoms with Gasteiger partial charge in [0, 0.05) is 18.2 Å². The predicted octanol–water partition coefficient (Wildman–Crippen LogP) is 3.47. The van der Waals surface area contributed by atoms with E-state index in [-0.39, 0.29) is 12.7 Å². The Morgan fingerprint density at radius 2 is 2.25 bits per heavy atom. The van der Waals surface area contributed by atoms with Gasteiger partial charge in [0.25, 0.3) is 5.91 Å². The van der Waals surface area contributed by atoms with Crippen LogP contribution in [0.2, 0.25) is 5.02 Å². The van der Waals surface area contributed by atoms with Crippen molar-refractivity contribution >= 4 is 17.5 Å². The minimum absolute atomic E-state index is 0.0387.